The lowest BCUT2D eigenvalue weighted by Gasteiger charge is -2.23. The van der Waals surface area contributed by atoms with Gasteiger partial charge >= 0.3 is 6.18 Å². The van der Waals surface area contributed by atoms with Crippen LogP contribution in [-0.2, 0) is 4.79 Å². The van der Waals surface area contributed by atoms with E-state index in [2.05, 4.69) is 0 Å². The summed E-state index contributed by atoms with van der Waals surface area (Å²) in [7, 11) is 0. The second-order valence-electron chi connectivity index (χ2n) is 4.63. The van der Waals surface area contributed by atoms with Gasteiger partial charge in [0.15, 0.2) is 0 Å². The first-order valence-electron chi connectivity index (χ1n) is 6.56. The van der Waals surface area contributed by atoms with Gasteiger partial charge in [0.2, 0.25) is 5.91 Å². The van der Waals surface area contributed by atoms with Crippen molar-refractivity contribution >= 4 is 5.91 Å². The minimum absolute atomic E-state index is 0.0133. The zero-order valence-electron chi connectivity index (χ0n) is 11.8. The molecule has 118 valence electrons. The highest BCUT2D eigenvalue weighted by Crippen LogP contribution is 2.17. The molecular weight excluding hydrogens is 285 g/mol. The van der Waals surface area contributed by atoms with Crippen molar-refractivity contribution < 1.29 is 22.7 Å². The molecule has 0 spiro atoms. The Morgan fingerprint density at radius 1 is 1.38 bits per heavy atom. The molecule has 21 heavy (non-hydrogen) atoms. The molecule has 0 radical (unpaired) electrons. The quantitative estimate of drug-likeness (QED) is 0.839. The maximum Gasteiger partial charge on any atom is 0.406 e. The van der Waals surface area contributed by atoms with Crippen LogP contribution >= 0.6 is 0 Å². The summed E-state index contributed by atoms with van der Waals surface area (Å²) >= 11 is 0. The molecule has 0 aliphatic rings. The van der Waals surface area contributed by atoms with E-state index in [9.17, 15) is 18.0 Å². The highest BCUT2D eigenvalue weighted by molar-refractivity contribution is 5.76. The van der Waals surface area contributed by atoms with Crippen molar-refractivity contribution in [3.05, 3.63) is 29.8 Å². The van der Waals surface area contributed by atoms with E-state index in [-0.39, 0.29) is 26.1 Å². The van der Waals surface area contributed by atoms with Crippen molar-refractivity contribution in [1.29, 1.82) is 0 Å². The van der Waals surface area contributed by atoms with Crippen LogP contribution in [0.4, 0.5) is 13.2 Å². The maximum absolute atomic E-state index is 12.4. The zero-order valence-corrected chi connectivity index (χ0v) is 11.8. The largest absolute Gasteiger partial charge is 0.493 e. The Kier molecular flexibility index (Phi) is 6.48. The number of halogens is 3. The molecule has 0 saturated heterocycles. The Labute approximate surface area is 121 Å². The third-order valence-electron chi connectivity index (χ3n) is 2.70. The summed E-state index contributed by atoms with van der Waals surface area (Å²) in [5, 5.41) is 0. The van der Waals surface area contributed by atoms with Crippen molar-refractivity contribution in [2.75, 3.05) is 26.2 Å². The maximum atomic E-state index is 12.4. The summed E-state index contributed by atoms with van der Waals surface area (Å²) in [5.74, 6) is -0.0329. The van der Waals surface area contributed by atoms with Gasteiger partial charge in [-0.1, -0.05) is 12.1 Å². The Morgan fingerprint density at radius 2 is 2.10 bits per heavy atom. The second-order valence-corrected chi connectivity index (χ2v) is 4.63. The Balaban J connectivity index is 2.46. The van der Waals surface area contributed by atoms with Crippen LogP contribution in [0.3, 0.4) is 0 Å². The van der Waals surface area contributed by atoms with E-state index in [4.69, 9.17) is 10.5 Å². The fourth-order valence-electron chi connectivity index (χ4n) is 1.78. The van der Waals surface area contributed by atoms with Crippen molar-refractivity contribution in [2.45, 2.75) is 19.5 Å². The summed E-state index contributed by atoms with van der Waals surface area (Å²) in [5.41, 5.74) is 6.23. The molecule has 0 heterocycles. The molecule has 0 atom stereocenters. The van der Waals surface area contributed by atoms with Crippen LogP contribution in [0.2, 0.25) is 0 Å². The second kappa shape index (κ2) is 7.87. The molecule has 1 amide bonds. The molecule has 0 saturated carbocycles. The molecule has 0 unspecified atom stereocenters. The highest BCUT2D eigenvalue weighted by atomic mass is 19.4. The third kappa shape index (κ3) is 6.99. The molecule has 2 N–H and O–H groups in total. The number of carbonyl (C=O) groups is 1. The van der Waals surface area contributed by atoms with E-state index in [0.29, 0.717) is 10.6 Å². The highest BCUT2D eigenvalue weighted by Gasteiger charge is 2.32. The summed E-state index contributed by atoms with van der Waals surface area (Å²) in [6, 6.07) is 7.21. The van der Waals surface area contributed by atoms with Crippen LogP contribution in [0, 0.1) is 6.92 Å². The van der Waals surface area contributed by atoms with Crippen LogP contribution in [-0.4, -0.2) is 43.2 Å². The normalized spacial score (nSPS) is 11.3. The molecule has 1 aromatic rings. The Bertz CT molecular complexity index is 464. The zero-order chi connectivity index (χ0) is 15.9. The molecule has 7 heteroatoms. The number of ether oxygens (including phenoxy) is 1. The van der Waals surface area contributed by atoms with Gasteiger partial charge in [0.25, 0.3) is 0 Å². The molecule has 0 aromatic heterocycles. The summed E-state index contributed by atoms with van der Waals surface area (Å²) in [4.78, 5) is 12.5. The topological polar surface area (TPSA) is 55.6 Å². The van der Waals surface area contributed by atoms with Crippen molar-refractivity contribution in [1.82, 2.24) is 4.90 Å². The number of nitrogens with two attached hydrogens (primary N) is 1. The van der Waals surface area contributed by atoms with Crippen LogP contribution in [0.1, 0.15) is 12.0 Å². The number of carbonyl (C=O) groups excluding carboxylic acids is 1. The SMILES string of the molecule is Cc1cccc(OCCC(=O)N(CCN)CC(F)(F)F)c1. The van der Waals surface area contributed by atoms with Gasteiger partial charge in [-0.25, -0.2) is 0 Å². The third-order valence-corrected chi connectivity index (χ3v) is 2.70. The van der Waals surface area contributed by atoms with E-state index >= 15 is 0 Å². The average Bonchev–Trinajstić information content (AvgIpc) is 2.36. The summed E-state index contributed by atoms with van der Waals surface area (Å²) < 4.78 is 42.4. The molecule has 0 aliphatic heterocycles. The minimum atomic E-state index is -4.43. The van der Waals surface area contributed by atoms with E-state index in [1.165, 1.54) is 0 Å². The summed E-state index contributed by atoms with van der Waals surface area (Å²) in [6.07, 6.45) is -4.55. The fourth-order valence-corrected chi connectivity index (χ4v) is 1.78. The number of hydrogen-bond donors (Lipinski definition) is 1. The molecule has 0 bridgehead atoms. The minimum Gasteiger partial charge on any atom is -0.493 e. The smallest absolute Gasteiger partial charge is 0.406 e. The number of alkyl halides is 3. The number of hydrogen-bond acceptors (Lipinski definition) is 3. The van der Waals surface area contributed by atoms with E-state index < -0.39 is 18.6 Å². The van der Waals surface area contributed by atoms with E-state index in [1.807, 2.05) is 13.0 Å². The van der Waals surface area contributed by atoms with Crippen LogP contribution in [0.25, 0.3) is 0 Å². The van der Waals surface area contributed by atoms with Crippen molar-refractivity contribution in [2.24, 2.45) is 5.73 Å². The van der Waals surface area contributed by atoms with Crippen molar-refractivity contribution in [3.8, 4) is 5.75 Å². The lowest BCUT2D eigenvalue weighted by atomic mass is 10.2. The monoisotopic (exact) mass is 304 g/mol. The standard InChI is InChI=1S/C14H19F3N2O2/c1-11-3-2-4-12(9-11)21-8-5-13(20)19(7-6-18)10-14(15,16)17/h2-4,9H,5-8,10,18H2,1H3. The van der Waals surface area contributed by atoms with Gasteiger partial charge < -0.3 is 15.4 Å². The fraction of sp³-hybridized carbons (Fsp3) is 0.500. The van der Waals surface area contributed by atoms with Gasteiger partial charge in [-0.2, -0.15) is 13.2 Å². The molecule has 1 aromatic carbocycles. The first-order chi connectivity index (χ1) is 9.81. The number of benzene rings is 1. The van der Waals surface area contributed by atoms with E-state index in [1.54, 1.807) is 18.2 Å². The van der Waals surface area contributed by atoms with Gasteiger partial charge in [0.05, 0.1) is 13.0 Å². The number of aryl methyl sites for hydroxylation is 1. The predicted octanol–water partition coefficient (Wildman–Crippen LogP) is 2.11. The Hall–Kier alpha value is -1.76. The van der Waals surface area contributed by atoms with Crippen LogP contribution in [0.5, 0.6) is 5.75 Å². The van der Waals surface area contributed by atoms with Gasteiger partial charge in [0.1, 0.15) is 12.3 Å². The van der Waals surface area contributed by atoms with Gasteiger partial charge in [0, 0.05) is 13.1 Å². The van der Waals surface area contributed by atoms with Crippen LogP contribution in [0.15, 0.2) is 24.3 Å². The Morgan fingerprint density at radius 3 is 2.67 bits per heavy atom. The van der Waals surface area contributed by atoms with Gasteiger partial charge in [-0.15, -0.1) is 0 Å². The number of rotatable bonds is 7. The molecular formula is C14H19F3N2O2. The van der Waals surface area contributed by atoms with E-state index in [0.717, 1.165) is 5.56 Å². The van der Waals surface area contributed by atoms with Gasteiger partial charge in [-0.3, -0.25) is 4.79 Å². The first kappa shape index (κ1) is 17.3. The molecule has 4 nitrogen and oxygen atoms in total. The van der Waals surface area contributed by atoms with Crippen molar-refractivity contribution in [3.63, 3.8) is 0 Å². The predicted molar refractivity (Wildman–Crippen MR) is 73.0 cm³/mol. The summed E-state index contributed by atoms with van der Waals surface area (Å²) in [6.45, 7) is 0.502. The first-order valence-corrected chi connectivity index (χ1v) is 6.56. The average molecular weight is 304 g/mol. The van der Waals surface area contributed by atoms with Crippen LogP contribution < -0.4 is 10.5 Å². The lowest BCUT2D eigenvalue weighted by molar-refractivity contribution is -0.161. The lowest BCUT2D eigenvalue weighted by Crippen LogP contribution is -2.42. The number of nitrogens with zero attached hydrogens (tertiary/aromatic N) is 1. The van der Waals surface area contributed by atoms with Gasteiger partial charge in [-0.05, 0) is 24.6 Å². The molecule has 1 rings (SSSR count). The number of amides is 1. The molecule has 0 aliphatic carbocycles. The molecule has 0 fully saturated rings.